The van der Waals surface area contributed by atoms with Crippen molar-refractivity contribution in [3.8, 4) is 0 Å². The highest BCUT2D eigenvalue weighted by Gasteiger charge is 2.13. The molecule has 2 nitrogen and oxygen atoms in total. The lowest BCUT2D eigenvalue weighted by Gasteiger charge is -2.12. The lowest BCUT2D eigenvalue weighted by Crippen LogP contribution is -2.06. The maximum absolute atomic E-state index is 12.0. The second kappa shape index (κ2) is 4.77. The van der Waals surface area contributed by atoms with E-state index in [-0.39, 0.29) is 5.76 Å². The number of halogens is 1. The molecule has 1 N–H and O–H groups in total. The largest absolute Gasteiger partial charge is 0.389 e. The van der Waals surface area contributed by atoms with Gasteiger partial charge in [0.1, 0.15) is 0 Å². The van der Waals surface area contributed by atoms with Crippen LogP contribution in [0.4, 0.5) is 4.53 Å². The Balaban J connectivity index is 3.14. The topological polar surface area (TPSA) is 29.5 Å². The zero-order valence-electron chi connectivity index (χ0n) is 8.20. The van der Waals surface area contributed by atoms with Crippen molar-refractivity contribution >= 4 is 5.57 Å². The van der Waals surface area contributed by atoms with Gasteiger partial charge in [0.15, 0.2) is 5.76 Å². The van der Waals surface area contributed by atoms with Gasteiger partial charge in [-0.2, -0.15) is 0 Å². The van der Waals surface area contributed by atoms with Gasteiger partial charge in [-0.25, -0.2) is 0 Å². The van der Waals surface area contributed by atoms with Gasteiger partial charge in [-0.15, -0.1) is 0 Å². The van der Waals surface area contributed by atoms with Crippen LogP contribution in [0, 0.1) is 0 Å². The average Bonchev–Trinajstić information content (AvgIpc) is 2.19. The van der Waals surface area contributed by atoms with Crippen LogP contribution in [0.5, 0.6) is 0 Å². The molecule has 1 rings (SSSR count). The minimum absolute atomic E-state index is 0.0891. The summed E-state index contributed by atoms with van der Waals surface area (Å²) in [5.41, 5.74) is 1.23. The van der Waals surface area contributed by atoms with Crippen LogP contribution >= 0.6 is 0 Å². The number of hydrogen-bond acceptors (Lipinski definition) is 2. The molecule has 0 saturated carbocycles. The summed E-state index contributed by atoms with van der Waals surface area (Å²) in [5, 5.41) is 9.46. The van der Waals surface area contributed by atoms with E-state index in [9.17, 15) is 9.63 Å². The normalized spacial score (nSPS) is 14.6. The number of rotatable bonds is 3. The van der Waals surface area contributed by atoms with Crippen LogP contribution < -0.4 is 0 Å². The van der Waals surface area contributed by atoms with Crippen LogP contribution in [0.1, 0.15) is 19.4 Å². The molecule has 1 aromatic carbocycles. The Morgan fingerprint density at radius 2 is 1.93 bits per heavy atom. The molecule has 1 atom stereocenters. The van der Waals surface area contributed by atoms with E-state index in [1.807, 2.05) is 18.2 Å². The zero-order valence-corrected chi connectivity index (χ0v) is 8.20. The van der Waals surface area contributed by atoms with Crippen LogP contribution in [0.3, 0.4) is 0 Å². The molecule has 0 spiro atoms. The molecule has 3 heteroatoms. The maximum atomic E-state index is 12.0. The summed E-state index contributed by atoms with van der Waals surface area (Å²) in [7, 11) is 0. The number of hydrogen-bond donors (Lipinski definition) is 1. The molecule has 0 aliphatic heterocycles. The molecule has 14 heavy (non-hydrogen) atoms. The fourth-order valence-corrected chi connectivity index (χ4v) is 1.40. The van der Waals surface area contributed by atoms with Gasteiger partial charge in [0, 0.05) is 10.1 Å². The van der Waals surface area contributed by atoms with E-state index >= 15 is 0 Å². The quantitative estimate of drug-likeness (QED) is 0.753. The van der Waals surface area contributed by atoms with Gasteiger partial charge in [-0.05, 0) is 19.4 Å². The lowest BCUT2D eigenvalue weighted by molar-refractivity contribution is -0.0819. The smallest absolute Gasteiger partial charge is 0.152 e. The monoisotopic (exact) mass is 196 g/mol. The highest BCUT2D eigenvalue weighted by Crippen LogP contribution is 2.22. The fourth-order valence-electron chi connectivity index (χ4n) is 1.40. The molecule has 1 unspecified atom stereocenters. The Kier molecular flexibility index (Phi) is 3.65. The molecule has 0 saturated heterocycles. The van der Waals surface area contributed by atoms with Gasteiger partial charge < -0.3 is 5.11 Å². The third-order valence-corrected chi connectivity index (χ3v) is 2.00. The first kappa shape index (κ1) is 10.7. The van der Waals surface area contributed by atoms with E-state index in [0.717, 1.165) is 5.56 Å². The van der Waals surface area contributed by atoms with E-state index < -0.39 is 6.10 Å². The first-order valence-electron chi connectivity index (χ1n) is 4.39. The number of benzene rings is 1. The van der Waals surface area contributed by atoms with E-state index in [0.29, 0.717) is 5.57 Å². The Morgan fingerprint density at radius 3 is 2.36 bits per heavy atom. The minimum atomic E-state index is -0.756. The molecule has 0 amide bonds. The van der Waals surface area contributed by atoms with Gasteiger partial charge >= 0.3 is 0 Å². The van der Waals surface area contributed by atoms with Gasteiger partial charge in [-0.3, -0.25) is 4.94 Å². The van der Waals surface area contributed by atoms with Crippen molar-refractivity contribution in [3.63, 3.8) is 0 Å². The summed E-state index contributed by atoms with van der Waals surface area (Å²) in [5.74, 6) is 0.0891. The van der Waals surface area contributed by atoms with Crippen molar-refractivity contribution in [2.45, 2.75) is 20.0 Å². The highest BCUT2D eigenvalue weighted by atomic mass is 19.3. The van der Waals surface area contributed by atoms with Crippen LogP contribution in [0.15, 0.2) is 36.1 Å². The third kappa shape index (κ3) is 2.33. The summed E-state index contributed by atoms with van der Waals surface area (Å²) in [6.45, 7) is 3.06. The predicted molar refractivity (Wildman–Crippen MR) is 52.9 cm³/mol. The Bertz CT molecular complexity index is 317. The standard InChI is InChI=1S/C11H13FO2/c1-8(13)11(9(2)14-12)10-6-4-3-5-7-10/h3-8,13H,1-2H3/b11-9+. The maximum Gasteiger partial charge on any atom is 0.152 e. The van der Waals surface area contributed by atoms with Crippen molar-refractivity contribution in [1.82, 2.24) is 0 Å². The molecule has 0 fully saturated rings. The van der Waals surface area contributed by atoms with E-state index in [1.54, 1.807) is 19.1 Å². The van der Waals surface area contributed by atoms with Crippen molar-refractivity contribution in [1.29, 1.82) is 0 Å². The molecular formula is C11H13FO2. The fraction of sp³-hybridized carbons (Fsp3) is 0.273. The van der Waals surface area contributed by atoms with E-state index in [2.05, 4.69) is 4.94 Å². The Labute approximate surface area is 82.5 Å². The van der Waals surface area contributed by atoms with Crippen molar-refractivity contribution in [3.05, 3.63) is 41.7 Å². The number of allylic oxidation sites excluding steroid dienone is 1. The average molecular weight is 196 g/mol. The molecule has 0 aliphatic rings. The Hall–Kier alpha value is -1.35. The summed E-state index contributed by atoms with van der Waals surface area (Å²) < 4.78 is 12.0. The van der Waals surface area contributed by atoms with Crippen LogP contribution in [0.2, 0.25) is 0 Å². The van der Waals surface area contributed by atoms with Gasteiger partial charge in [0.2, 0.25) is 0 Å². The summed E-state index contributed by atoms with van der Waals surface area (Å²) in [6, 6.07) is 9.09. The summed E-state index contributed by atoms with van der Waals surface area (Å²) >= 11 is 0. The molecule has 0 bridgehead atoms. The van der Waals surface area contributed by atoms with Crippen molar-refractivity contribution in [2.75, 3.05) is 0 Å². The second-order valence-electron chi connectivity index (χ2n) is 3.09. The van der Waals surface area contributed by atoms with E-state index in [1.165, 1.54) is 6.92 Å². The predicted octanol–water partition coefficient (Wildman–Crippen LogP) is 2.70. The van der Waals surface area contributed by atoms with Crippen LogP contribution in [-0.4, -0.2) is 11.2 Å². The molecular weight excluding hydrogens is 183 g/mol. The first-order valence-corrected chi connectivity index (χ1v) is 4.39. The minimum Gasteiger partial charge on any atom is -0.389 e. The number of aliphatic hydroxyl groups excluding tert-OH is 1. The van der Waals surface area contributed by atoms with E-state index in [4.69, 9.17) is 0 Å². The summed E-state index contributed by atoms with van der Waals surface area (Å²) in [4.78, 5) is 3.65. The number of aliphatic hydroxyl groups is 1. The van der Waals surface area contributed by atoms with Crippen molar-refractivity contribution < 1.29 is 14.6 Å². The molecule has 0 heterocycles. The second-order valence-corrected chi connectivity index (χ2v) is 3.09. The van der Waals surface area contributed by atoms with Gasteiger partial charge in [0.25, 0.3) is 0 Å². The molecule has 0 radical (unpaired) electrons. The third-order valence-electron chi connectivity index (χ3n) is 2.00. The molecule has 76 valence electrons. The van der Waals surface area contributed by atoms with Gasteiger partial charge in [0.05, 0.1) is 6.10 Å². The zero-order chi connectivity index (χ0) is 10.6. The molecule has 0 aliphatic carbocycles. The first-order chi connectivity index (χ1) is 6.66. The molecule has 1 aromatic rings. The Morgan fingerprint density at radius 1 is 1.36 bits per heavy atom. The van der Waals surface area contributed by atoms with Gasteiger partial charge in [-0.1, -0.05) is 30.3 Å². The highest BCUT2D eigenvalue weighted by molar-refractivity contribution is 5.69. The summed E-state index contributed by atoms with van der Waals surface area (Å²) in [6.07, 6.45) is -0.756. The molecule has 0 aromatic heterocycles. The van der Waals surface area contributed by atoms with Crippen molar-refractivity contribution in [2.24, 2.45) is 0 Å². The van der Waals surface area contributed by atoms with Crippen LogP contribution in [0.25, 0.3) is 5.57 Å². The van der Waals surface area contributed by atoms with Crippen LogP contribution in [-0.2, 0) is 4.94 Å². The lowest BCUT2D eigenvalue weighted by atomic mass is 10.0. The SMILES string of the molecule is C/C(OF)=C(\c1ccccc1)C(C)O.